The summed E-state index contributed by atoms with van der Waals surface area (Å²) in [5.74, 6) is -0.854. The van der Waals surface area contributed by atoms with E-state index in [4.69, 9.17) is 4.74 Å². The Morgan fingerprint density at radius 2 is 1.65 bits per heavy atom. The van der Waals surface area contributed by atoms with Gasteiger partial charge in [-0.05, 0) is 54.4 Å². The van der Waals surface area contributed by atoms with Crippen LogP contribution in [0.1, 0.15) is 12.5 Å². The van der Waals surface area contributed by atoms with Gasteiger partial charge in [-0.25, -0.2) is 12.8 Å². The van der Waals surface area contributed by atoms with E-state index in [0.717, 1.165) is 15.9 Å². The molecule has 0 aliphatic heterocycles. The van der Waals surface area contributed by atoms with Crippen LogP contribution >= 0.6 is 0 Å². The van der Waals surface area contributed by atoms with Gasteiger partial charge >= 0.3 is 0 Å². The largest absolute Gasteiger partial charge is 0.497 e. The number of nitrogens with zero attached hydrogens (tertiary/aromatic N) is 1. The van der Waals surface area contributed by atoms with E-state index < -0.39 is 28.3 Å². The number of sulfonamides is 1. The standard InChI is InChI=1S/C23H23FN2O4S/c1-3-17-8-4-6-10-21(17)25-23(27)16-26(22-11-7-5-9-20(22)24)31(28,29)19-14-12-18(30-2)13-15-19/h4-15H,3,16H2,1-2H3,(H,25,27). The molecule has 1 N–H and O–H groups in total. The molecule has 0 saturated carbocycles. The summed E-state index contributed by atoms with van der Waals surface area (Å²) in [4.78, 5) is 12.7. The van der Waals surface area contributed by atoms with E-state index in [9.17, 15) is 17.6 Å². The van der Waals surface area contributed by atoms with Gasteiger partial charge in [-0.15, -0.1) is 0 Å². The Morgan fingerprint density at radius 1 is 1.00 bits per heavy atom. The van der Waals surface area contributed by atoms with E-state index in [-0.39, 0.29) is 10.6 Å². The summed E-state index contributed by atoms with van der Waals surface area (Å²) >= 11 is 0. The number of amides is 1. The summed E-state index contributed by atoms with van der Waals surface area (Å²) in [6.07, 6.45) is 0.692. The molecule has 1 amide bonds. The van der Waals surface area contributed by atoms with Crippen LogP contribution in [0.4, 0.5) is 15.8 Å². The number of carbonyl (C=O) groups excluding carboxylic acids is 1. The lowest BCUT2D eigenvalue weighted by molar-refractivity contribution is -0.114. The molecule has 0 fully saturated rings. The minimum atomic E-state index is -4.23. The van der Waals surface area contributed by atoms with E-state index in [2.05, 4.69) is 5.32 Å². The van der Waals surface area contributed by atoms with Crippen molar-refractivity contribution in [3.8, 4) is 5.75 Å². The van der Waals surface area contributed by atoms with Crippen LogP contribution in [0.25, 0.3) is 0 Å². The number of nitrogens with one attached hydrogen (secondary N) is 1. The molecule has 0 spiro atoms. The molecule has 0 radical (unpaired) electrons. The number of halogens is 1. The minimum absolute atomic E-state index is 0.0849. The summed E-state index contributed by atoms with van der Waals surface area (Å²) in [6.45, 7) is 1.36. The summed E-state index contributed by atoms with van der Waals surface area (Å²) in [6, 6.07) is 18.4. The maximum absolute atomic E-state index is 14.5. The van der Waals surface area contributed by atoms with E-state index >= 15 is 0 Å². The van der Waals surface area contributed by atoms with Crippen LogP contribution in [0, 0.1) is 5.82 Å². The predicted octanol–water partition coefficient (Wildman–Crippen LogP) is 4.23. The number of aryl methyl sites for hydroxylation is 1. The van der Waals surface area contributed by atoms with E-state index in [1.807, 2.05) is 19.1 Å². The molecule has 6 nitrogen and oxygen atoms in total. The van der Waals surface area contributed by atoms with Crippen molar-refractivity contribution in [3.63, 3.8) is 0 Å². The molecular weight excluding hydrogens is 419 g/mol. The Hall–Kier alpha value is -3.39. The molecule has 0 aliphatic carbocycles. The SMILES string of the molecule is CCc1ccccc1NC(=O)CN(c1ccccc1F)S(=O)(=O)c1ccc(OC)cc1. The molecule has 0 bridgehead atoms. The lowest BCUT2D eigenvalue weighted by atomic mass is 10.1. The Balaban J connectivity index is 1.97. The number of hydrogen-bond acceptors (Lipinski definition) is 4. The van der Waals surface area contributed by atoms with Gasteiger partial charge in [-0.1, -0.05) is 37.3 Å². The fourth-order valence-electron chi connectivity index (χ4n) is 3.10. The van der Waals surface area contributed by atoms with E-state index in [0.29, 0.717) is 17.9 Å². The molecule has 0 heterocycles. The molecular formula is C23H23FN2O4S. The first kappa shape index (κ1) is 22.3. The van der Waals surface area contributed by atoms with Crippen LogP contribution in [0.2, 0.25) is 0 Å². The van der Waals surface area contributed by atoms with Gasteiger partial charge < -0.3 is 10.1 Å². The first-order valence-electron chi connectivity index (χ1n) is 9.66. The van der Waals surface area contributed by atoms with Gasteiger partial charge in [0.05, 0.1) is 17.7 Å². The van der Waals surface area contributed by atoms with Crippen LogP contribution in [0.15, 0.2) is 77.7 Å². The maximum Gasteiger partial charge on any atom is 0.264 e. The highest BCUT2D eigenvalue weighted by atomic mass is 32.2. The number of hydrogen-bond donors (Lipinski definition) is 1. The highest BCUT2D eigenvalue weighted by molar-refractivity contribution is 7.92. The average Bonchev–Trinajstić information content (AvgIpc) is 2.78. The molecule has 8 heteroatoms. The van der Waals surface area contributed by atoms with Gasteiger partial charge in [-0.2, -0.15) is 0 Å². The predicted molar refractivity (Wildman–Crippen MR) is 118 cm³/mol. The van der Waals surface area contributed by atoms with E-state index in [1.165, 1.54) is 49.6 Å². The third kappa shape index (κ3) is 5.03. The van der Waals surface area contributed by atoms with Crippen LogP contribution in [-0.4, -0.2) is 28.0 Å². The number of ether oxygens (including phenoxy) is 1. The Labute approximate surface area is 181 Å². The quantitative estimate of drug-likeness (QED) is 0.567. The molecule has 3 rings (SSSR count). The fraction of sp³-hybridized carbons (Fsp3) is 0.174. The van der Waals surface area contributed by atoms with Crippen molar-refractivity contribution in [2.24, 2.45) is 0 Å². The zero-order chi connectivity index (χ0) is 22.4. The van der Waals surface area contributed by atoms with Gasteiger partial charge in [0.15, 0.2) is 0 Å². The van der Waals surface area contributed by atoms with Crippen molar-refractivity contribution in [3.05, 3.63) is 84.2 Å². The highest BCUT2D eigenvalue weighted by Crippen LogP contribution is 2.27. The number of methoxy groups -OCH3 is 1. The second-order valence-electron chi connectivity index (χ2n) is 6.70. The lowest BCUT2D eigenvalue weighted by Gasteiger charge is -2.24. The first-order valence-corrected chi connectivity index (χ1v) is 11.1. The zero-order valence-corrected chi connectivity index (χ0v) is 18.0. The number of carbonyl (C=O) groups is 1. The van der Waals surface area contributed by atoms with Gasteiger partial charge in [0.25, 0.3) is 10.0 Å². The smallest absolute Gasteiger partial charge is 0.264 e. The molecule has 31 heavy (non-hydrogen) atoms. The van der Waals surface area contributed by atoms with Crippen LogP contribution in [0.3, 0.4) is 0 Å². The van der Waals surface area contributed by atoms with Crippen LogP contribution < -0.4 is 14.4 Å². The summed E-state index contributed by atoms with van der Waals surface area (Å²) < 4.78 is 47.0. The van der Waals surface area contributed by atoms with Crippen molar-refractivity contribution in [1.82, 2.24) is 0 Å². The van der Waals surface area contributed by atoms with Crippen LogP contribution in [0.5, 0.6) is 5.75 Å². The van der Waals surface area contributed by atoms with Gasteiger partial charge in [0.1, 0.15) is 18.1 Å². The normalized spacial score (nSPS) is 11.1. The van der Waals surface area contributed by atoms with Crippen molar-refractivity contribution in [2.75, 3.05) is 23.3 Å². The Kier molecular flexibility index (Phi) is 6.91. The van der Waals surface area contributed by atoms with Crippen molar-refractivity contribution in [1.29, 1.82) is 0 Å². The topological polar surface area (TPSA) is 75.7 Å². The third-order valence-electron chi connectivity index (χ3n) is 4.73. The molecule has 0 unspecified atom stereocenters. The van der Waals surface area contributed by atoms with E-state index in [1.54, 1.807) is 12.1 Å². The summed E-state index contributed by atoms with van der Waals surface area (Å²) in [5.41, 5.74) is 1.29. The maximum atomic E-state index is 14.5. The third-order valence-corrected chi connectivity index (χ3v) is 6.50. The minimum Gasteiger partial charge on any atom is -0.497 e. The molecule has 0 aliphatic rings. The summed E-state index contributed by atoms with van der Waals surface area (Å²) in [5, 5.41) is 2.74. The first-order chi connectivity index (χ1) is 14.9. The average molecular weight is 443 g/mol. The van der Waals surface area contributed by atoms with Crippen molar-refractivity contribution in [2.45, 2.75) is 18.2 Å². The molecule has 0 aromatic heterocycles. The van der Waals surface area contributed by atoms with Crippen molar-refractivity contribution < 1.29 is 22.3 Å². The second kappa shape index (κ2) is 9.61. The second-order valence-corrected chi connectivity index (χ2v) is 8.56. The Bertz CT molecular complexity index is 1160. The Morgan fingerprint density at radius 3 is 2.29 bits per heavy atom. The fourth-order valence-corrected chi connectivity index (χ4v) is 4.53. The number of benzene rings is 3. The number of para-hydroxylation sites is 2. The van der Waals surface area contributed by atoms with Crippen LogP contribution in [-0.2, 0) is 21.2 Å². The molecule has 162 valence electrons. The molecule has 0 atom stereocenters. The zero-order valence-electron chi connectivity index (χ0n) is 17.2. The van der Waals surface area contributed by atoms with Gasteiger partial charge in [0, 0.05) is 5.69 Å². The van der Waals surface area contributed by atoms with Crippen molar-refractivity contribution >= 4 is 27.3 Å². The monoisotopic (exact) mass is 442 g/mol. The molecule has 3 aromatic carbocycles. The lowest BCUT2D eigenvalue weighted by Crippen LogP contribution is -2.38. The number of anilines is 2. The van der Waals surface area contributed by atoms with Gasteiger partial charge in [0.2, 0.25) is 5.91 Å². The van der Waals surface area contributed by atoms with Gasteiger partial charge in [-0.3, -0.25) is 9.10 Å². The number of rotatable bonds is 8. The molecule has 3 aromatic rings. The summed E-state index contributed by atoms with van der Waals surface area (Å²) in [7, 11) is -2.76. The highest BCUT2D eigenvalue weighted by Gasteiger charge is 2.29. The molecule has 0 saturated heterocycles.